The number of hydrogen-bond donors (Lipinski definition) is 2. The molecule has 0 unspecified atom stereocenters. The molecule has 0 radical (unpaired) electrons. The molecule has 0 saturated carbocycles. The number of hydrogen-bond acceptors (Lipinski definition) is 4. The summed E-state index contributed by atoms with van der Waals surface area (Å²) in [7, 11) is 1.58. The van der Waals surface area contributed by atoms with Gasteiger partial charge in [-0.1, -0.05) is 19.4 Å². The van der Waals surface area contributed by atoms with E-state index in [0.29, 0.717) is 11.8 Å². The molecule has 1 saturated heterocycles. The summed E-state index contributed by atoms with van der Waals surface area (Å²) in [4.78, 5) is 2.50. The minimum Gasteiger partial charge on any atom is -0.504 e. The number of nitrogens with zero attached hydrogens (tertiary/aromatic N) is 1. The van der Waals surface area contributed by atoms with Gasteiger partial charge in [0.05, 0.1) is 7.11 Å². The first-order valence-electron chi connectivity index (χ1n) is 7.08. The molecule has 0 amide bonds. The predicted octanol–water partition coefficient (Wildman–Crippen LogP) is 2.99. The fourth-order valence-corrected chi connectivity index (χ4v) is 2.74. The van der Waals surface area contributed by atoms with Crippen LogP contribution >= 0.6 is 24.8 Å². The topological polar surface area (TPSA) is 44.7 Å². The monoisotopic (exact) mass is 336 g/mol. The maximum Gasteiger partial charge on any atom is 0.160 e. The highest BCUT2D eigenvalue weighted by Gasteiger charge is 2.22. The molecule has 0 aromatic heterocycles. The Morgan fingerprint density at radius 2 is 1.95 bits per heavy atom. The molecular formula is C15H26Cl2N2O2. The highest BCUT2D eigenvalue weighted by atomic mass is 35.5. The standard InChI is InChI=1S/C15H24N2O2.2ClH/c1-3-4-13(17-9-7-16-8-10-17)12-5-6-15(19-2)14(18)11-12;;/h5-6,11,13,16,18H,3-4,7-10H2,1-2H3;2*1H/t13-;;/m0../s1. The van der Waals surface area contributed by atoms with Crippen molar-refractivity contribution in [2.45, 2.75) is 25.8 Å². The number of nitrogens with one attached hydrogen (secondary N) is 1. The van der Waals surface area contributed by atoms with E-state index in [2.05, 4.69) is 23.2 Å². The summed E-state index contributed by atoms with van der Waals surface area (Å²) in [5.74, 6) is 0.774. The number of aromatic hydroxyl groups is 1. The zero-order valence-electron chi connectivity index (χ0n) is 12.7. The van der Waals surface area contributed by atoms with Crippen molar-refractivity contribution in [3.8, 4) is 11.5 Å². The van der Waals surface area contributed by atoms with Crippen LogP contribution in [0.1, 0.15) is 31.4 Å². The first-order valence-corrected chi connectivity index (χ1v) is 7.08. The number of benzene rings is 1. The third kappa shape index (κ3) is 5.22. The number of piperazine rings is 1. The summed E-state index contributed by atoms with van der Waals surface area (Å²) >= 11 is 0. The molecule has 2 rings (SSSR count). The molecule has 1 aromatic rings. The Bertz CT molecular complexity index is 413. The summed E-state index contributed by atoms with van der Waals surface area (Å²) in [5, 5.41) is 13.3. The second-order valence-corrected chi connectivity index (χ2v) is 5.02. The van der Waals surface area contributed by atoms with Crippen LogP contribution in [0.25, 0.3) is 0 Å². The molecule has 1 fully saturated rings. The number of phenolic OH excluding ortho intramolecular Hbond substituents is 1. The lowest BCUT2D eigenvalue weighted by Crippen LogP contribution is -2.45. The Hall–Kier alpha value is -0.680. The van der Waals surface area contributed by atoms with Crippen LogP contribution in [-0.2, 0) is 0 Å². The van der Waals surface area contributed by atoms with E-state index >= 15 is 0 Å². The molecule has 1 atom stereocenters. The van der Waals surface area contributed by atoms with Gasteiger partial charge in [-0.15, -0.1) is 24.8 Å². The van der Waals surface area contributed by atoms with Crippen LogP contribution in [0, 0.1) is 0 Å². The van der Waals surface area contributed by atoms with Crippen molar-refractivity contribution in [1.82, 2.24) is 10.2 Å². The quantitative estimate of drug-likeness (QED) is 0.867. The molecular weight excluding hydrogens is 311 g/mol. The molecule has 4 nitrogen and oxygen atoms in total. The first kappa shape index (κ1) is 20.3. The molecule has 1 aliphatic heterocycles. The summed E-state index contributed by atoms with van der Waals surface area (Å²) in [5.41, 5.74) is 1.18. The fourth-order valence-electron chi connectivity index (χ4n) is 2.74. The van der Waals surface area contributed by atoms with E-state index < -0.39 is 0 Å². The van der Waals surface area contributed by atoms with Crippen LogP contribution < -0.4 is 10.1 Å². The number of rotatable bonds is 5. The summed E-state index contributed by atoms with van der Waals surface area (Å²) in [6.07, 6.45) is 2.26. The molecule has 21 heavy (non-hydrogen) atoms. The van der Waals surface area contributed by atoms with Crippen molar-refractivity contribution in [2.24, 2.45) is 0 Å². The summed E-state index contributed by atoms with van der Waals surface area (Å²) in [6, 6.07) is 6.17. The van der Waals surface area contributed by atoms with Gasteiger partial charge in [0.15, 0.2) is 11.5 Å². The lowest BCUT2D eigenvalue weighted by molar-refractivity contribution is 0.164. The maximum atomic E-state index is 9.95. The van der Waals surface area contributed by atoms with Gasteiger partial charge in [0.1, 0.15) is 0 Å². The van der Waals surface area contributed by atoms with E-state index in [4.69, 9.17) is 4.74 Å². The Morgan fingerprint density at radius 3 is 2.48 bits per heavy atom. The van der Waals surface area contributed by atoms with Crippen molar-refractivity contribution in [2.75, 3.05) is 33.3 Å². The van der Waals surface area contributed by atoms with Crippen LogP contribution in [0.5, 0.6) is 11.5 Å². The largest absolute Gasteiger partial charge is 0.504 e. The van der Waals surface area contributed by atoms with E-state index in [-0.39, 0.29) is 30.6 Å². The van der Waals surface area contributed by atoms with Gasteiger partial charge in [-0.3, -0.25) is 4.90 Å². The van der Waals surface area contributed by atoms with Crippen LogP contribution in [0.15, 0.2) is 18.2 Å². The SMILES string of the molecule is CCC[C@@H](c1ccc(OC)c(O)c1)N1CCNCC1.Cl.Cl. The van der Waals surface area contributed by atoms with Crippen molar-refractivity contribution >= 4 is 24.8 Å². The Balaban J connectivity index is 0.00000200. The van der Waals surface area contributed by atoms with Crippen LogP contribution in [0.2, 0.25) is 0 Å². The van der Waals surface area contributed by atoms with Gasteiger partial charge in [-0.05, 0) is 24.1 Å². The lowest BCUT2D eigenvalue weighted by Gasteiger charge is -2.35. The third-order valence-corrected chi connectivity index (χ3v) is 3.74. The number of halogens is 2. The molecule has 2 N–H and O–H groups in total. The summed E-state index contributed by atoms with van der Waals surface area (Å²) < 4.78 is 5.11. The van der Waals surface area contributed by atoms with Crippen molar-refractivity contribution in [3.63, 3.8) is 0 Å². The van der Waals surface area contributed by atoms with E-state index in [1.807, 2.05) is 12.1 Å². The van der Waals surface area contributed by atoms with E-state index in [1.54, 1.807) is 7.11 Å². The molecule has 6 heteroatoms. The molecule has 1 heterocycles. The van der Waals surface area contributed by atoms with Gasteiger partial charge < -0.3 is 15.2 Å². The zero-order chi connectivity index (χ0) is 13.7. The highest BCUT2D eigenvalue weighted by Crippen LogP contribution is 2.33. The average molecular weight is 337 g/mol. The van der Waals surface area contributed by atoms with E-state index in [1.165, 1.54) is 5.56 Å². The highest BCUT2D eigenvalue weighted by molar-refractivity contribution is 5.85. The minimum atomic E-state index is 0. The van der Waals surface area contributed by atoms with Gasteiger partial charge in [0, 0.05) is 32.2 Å². The minimum absolute atomic E-state index is 0. The van der Waals surface area contributed by atoms with Crippen molar-refractivity contribution < 1.29 is 9.84 Å². The zero-order valence-corrected chi connectivity index (χ0v) is 14.3. The predicted molar refractivity (Wildman–Crippen MR) is 91.2 cm³/mol. The average Bonchev–Trinajstić information content (AvgIpc) is 2.45. The van der Waals surface area contributed by atoms with Gasteiger partial charge in [0.2, 0.25) is 0 Å². The molecule has 0 spiro atoms. The number of methoxy groups -OCH3 is 1. The number of ether oxygens (including phenoxy) is 1. The molecule has 1 aliphatic rings. The van der Waals surface area contributed by atoms with Gasteiger partial charge in [-0.25, -0.2) is 0 Å². The summed E-state index contributed by atoms with van der Waals surface area (Å²) in [6.45, 7) is 6.43. The Labute approximate surface area is 139 Å². The fraction of sp³-hybridized carbons (Fsp3) is 0.600. The second kappa shape index (κ2) is 10.1. The Morgan fingerprint density at radius 1 is 1.29 bits per heavy atom. The van der Waals surface area contributed by atoms with Crippen LogP contribution in [-0.4, -0.2) is 43.3 Å². The van der Waals surface area contributed by atoms with Gasteiger partial charge in [-0.2, -0.15) is 0 Å². The molecule has 122 valence electrons. The molecule has 0 bridgehead atoms. The number of phenols is 1. The van der Waals surface area contributed by atoms with Crippen LogP contribution in [0.4, 0.5) is 0 Å². The third-order valence-electron chi connectivity index (χ3n) is 3.74. The van der Waals surface area contributed by atoms with E-state index in [0.717, 1.165) is 39.0 Å². The molecule has 0 aliphatic carbocycles. The lowest BCUT2D eigenvalue weighted by atomic mass is 9.99. The molecule has 1 aromatic carbocycles. The van der Waals surface area contributed by atoms with Crippen LogP contribution in [0.3, 0.4) is 0 Å². The van der Waals surface area contributed by atoms with Crippen molar-refractivity contribution in [1.29, 1.82) is 0 Å². The first-order chi connectivity index (χ1) is 9.26. The van der Waals surface area contributed by atoms with E-state index in [9.17, 15) is 5.11 Å². The van der Waals surface area contributed by atoms with Gasteiger partial charge >= 0.3 is 0 Å². The van der Waals surface area contributed by atoms with Gasteiger partial charge in [0.25, 0.3) is 0 Å². The Kier molecular flexibility index (Phi) is 9.79. The van der Waals surface area contributed by atoms with Crippen molar-refractivity contribution in [3.05, 3.63) is 23.8 Å². The second-order valence-electron chi connectivity index (χ2n) is 5.02. The smallest absolute Gasteiger partial charge is 0.160 e. The normalized spacial score (nSPS) is 16.5. The maximum absolute atomic E-state index is 9.95.